The van der Waals surface area contributed by atoms with Crippen molar-refractivity contribution in [3.63, 3.8) is 0 Å². The molecule has 4 nitrogen and oxygen atoms in total. The Kier molecular flexibility index (Phi) is 9.92. The maximum Gasteiger partial charge on any atom is 0.118 e. The first kappa shape index (κ1) is 19.9. The second kappa shape index (κ2) is 11.4. The molecule has 0 saturated heterocycles. The predicted molar refractivity (Wildman–Crippen MR) is 94.8 cm³/mol. The van der Waals surface area contributed by atoms with E-state index in [1.54, 1.807) is 7.11 Å². The van der Waals surface area contributed by atoms with Crippen LogP contribution in [0.15, 0.2) is 24.3 Å². The zero-order valence-electron chi connectivity index (χ0n) is 15.0. The lowest BCUT2D eigenvalue weighted by atomic mass is 10.0. The number of aliphatic hydroxyl groups excluding tert-OH is 1. The number of methoxy groups -OCH3 is 1. The molecular weight excluding hydrogens is 290 g/mol. The fraction of sp³-hybridized carbons (Fsp3) is 0.684. The molecule has 4 heteroatoms. The Morgan fingerprint density at radius 1 is 1.09 bits per heavy atom. The van der Waals surface area contributed by atoms with Crippen LogP contribution in [0.25, 0.3) is 0 Å². The molecule has 1 rings (SSSR count). The molecule has 2 unspecified atom stereocenters. The molecule has 0 spiro atoms. The average molecular weight is 323 g/mol. The van der Waals surface area contributed by atoms with E-state index in [-0.39, 0.29) is 0 Å². The molecule has 2 atom stereocenters. The van der Waals surface area contributed by atoms with E-state index in [4.69, 9.17) is 9.47 Å². The zero-order chi connectivity index (χ0) is 17.1. The van der Waals surface area contributed by atoms with Crippen molar-refractivity contribution in [3.8, 4) is 5.75 Å². The van der Waals surface area contributed by atoms with E-state index >= 15 is 0 Å². The molecular formula is C19H33NO3. The number of rotatable bonds is 12. The Hall–Kier alpha value is -1.10. The molecule has 0 radical (unpaired) electrons. The van der Waals surface area contributed by atoms with Gasteiger partial charge >= 0.3 is 0 Å². The highest BCUT2D eigenvalue weighted by atomic mass is 16.5. The summed E-state index contributed by atoms with van der Waals surface area (Å²) in [6, 6.07) is 8.20. The van der Waals surface area contributed by atoms with E-state index in [2.05, 4.69) is 26.1 Å². The Morgan fingerprint density at radius 3 is 2.39 bits per heavy atom. The minimum absolute atomic E-state index is 0.345. The van der Waals surface area contributed by atoms with Crippen LogP contribution in [0.2, 0.25) is 0 Å². The molecule has 0 saturated carbocycles. The van der Waals surface area contributed by atoms with Gasteiger partial charge in [-0.15, -0.1) is 0 Å². The van der Waals surface area contributed by atoms with Crippen LogP contribution in [0, 0.1) is 5.92 Å². The Bertz CT molecular complexity index is 406. The van der Waals surface area contributed by atoms with Crippen LogP contribution in [0.5, 0.6) is 5.75 Å². The van der Waals surface area contributed by atoms with Gasteiger partial charge in [-0.3, -0.25) is 0 Å². The second-order valence-corrected chi connectivity index (χ2v) is 6.65. The first-order valence-electron chi connectivity index (χ1n) is 8.63. The van der Waals surface area contributed by atoms with E-state index in [0.29, 0.717) is 25.8 Å². The highest BCUT2D eigenvalue weighted by Gasteiger charge is 2.08. The van der Waals surface area contributed by atoms with Gasteiger partial charge in [0.2, 0.25) is 0 Å². The summed E-state index contributed by atoms with van der Waals surface area (Å²) in [6.45, 7) is 8.10. The van der Waals surface area contributed by atoms with Gasteiger partial charge in [-0.05, 0) is 37.0 Å². The Labute approximate surface area is 141 Å². The summed E-state index contributed by atoms with van der Waals surface area (Å²) in [5.41, 5.74) is 1.08. The summed E-state index contributed by atoms with van der Waals surface area (Å²) >= 11 is 0. The number of ether oxygens (including phenoxy) is 2. The minimum atomic E-state index is -0.471. The molecule has 2 N–H and O–H groups in total. The summed E-state index contributed by atoms with van der Waals surface area (Å²) in [7, 11) is 1.65. The van der Waals surface area contributed by atoms with E-state index in [0.717, 1.165) is 23.7 Å². The van der Waals surface area contributed by atoms with Crippen LogP contribution < -0.4 is 10.1 Å². The monoisotopic (exact) mass is 323 g/mol. The van der Waals surface area contributed by atoms with Gasteiger partial charge in [0, 0.05) is 12.6 Å². The summed E-state index contributed by atoms with van der Waals surface area (Å²) in [4.78, 5) is 0. The molecule has 1 aromatic rings. The minimum Gasteiger partial charge on any atom is -0.497 e. The molecule has 0 amide bonds. The fourth-order valence-corrected chi connectivity index (χ4v) is 2.37. The van der Waals surface area contributed by atoms with Gasteiger partial charge in [0.15, 0.2) is 0 Å². The van der Waals surface area contributed by atoms with Crippen LogP contribution >= 0.6 is 0 Å². The SMILES string of the molecule is COc1ccc(COCC(O)CNC(C)CCCC(C)C)cc1. The molecule has 0 aliphatic carbocycles. The van der Waals surface area contributed by atoms with Crippen LogP contribution in [-0.4, -0.2) is 37.5 Å². The molecule has 0 aromatic heterocycles. The first-order chi connectivity index (χ1) is 11.0. The van der Waals surface area contributed by atoms with E-state index in [1.165, 1.54) is 12.8 Å². The zero-order valence-corrected chi connectivity index (χ0v) is 15.0. The van der Waals surface area contributed by atoms with Crippen molar-refractivity contribution in [2.24, 2.45) is 5.92 Å². The molecule has 0 heterocycles. The van der Waals surface area contributed by atoms with Gasteiger partial charge in [-0.1, -0.05) is 38.8 Å². The Balaban J connectivity index is 2.10. The maximum atomic E-state index is 9.96. The Morgan fingerprint density at radius 2 is 1.78 bits per heavy atom. The highest BCUT2D eigenvalue weighted by molar-refractivity contribution is 5.26. The summed E-state index contributed by atoms with van der Waals surface area (Å²) < 4.78 is 10.7. The third-order valence-electron chi connectivity index (χ3n) is 3.86. The van der Waals surface area contributed by atoms with Crippen LogP contribution in [-0.2, 0) is 11.3 Å². The van der Waals surface area contributed by atoms with Crippen molar-refractivity contribution in [2.75, 3.05) is 20.3 Å². The number of nitrogens with one attached hydrogen (secondary N) is 1. The van der Waals surface area contributed by atoms with Gasteiger partial charge < -0.3 is 19.9 Å². The molecule has 1 aromatic carbocycles. The average Bonchev–Trinajstić information content (AvgIpc) is 2.53. The molecule has 132 valence electrons. The number of hydrogen-bond donors (Lipinski definition) is 2. The quantitative estimate of drug-likeness (QED) is 0.619. The lowest BCUT2D eigenvalue weighted by molar-refractivity contribution is 0.0277. The number of hydrogen-bond acceptors (Lipinski definition) is 4. The predicted octanol–water partition coefficient (Wildman–Crippen LogP) is 3.38. The van der Waals surface area contributed by atoms with Crippen molar-refractivity contribution >= 4 is 0 Å². The summed E-state index contributed by atoms with van der Waals surface area (Å²) in [6.07, 6.45) is 3.17. The highest BCUT2D eigenvalue weighted by Crippen LogP contribution is 2.12. The standard InChI is InChI=1S/C19H33NO3/c1-15(2)6-5-7-16(3)20-12-18(21)14-23-13-17-8-10-19(22-4)11-9-17/h8-11,15-16,18,20-21H,5-7,12-14H2,1-4H3. The van der Waals surface area contributed by atoms with E-state index in [1.807, 2.05) is 24.3 Å². The maximum absolute atomic E-state index is 9.96. The van der Waals surface area contributed by atoms with Crippen molar-refractivity contribution in [1.29, 1.82) is 0 Å². The van der Waals surface area contributed by atoms with Crippen LogP contribution in [0.1, 0.15) is 45.6 Å². The lowest BCUT2D eigenvalue weighted by Crippen LogP contribution is -2.35. The number of aliphatic hydroxyl groups is 1. The van der Waals surface area contributed by atoms with Gasteiger partial charge in [0.1, 0.15) is 5.75 Å². The largest absolute Gasteiger partial charge is 0.497 e. The number of benzene rings is 1. The normalized spacial score (nSPS) is 14.0. The summed E-state index contributed by atoms with van der Waals surface area (Å²) in [5.74, 6) is 1.60. The van der Waals surface area contributed by atoms with E-state index in [9.17, 15) is 5.11 Å². The van der Waals surface area contributed by atoms with Gasteiger partial charge in [-0.25, -0.2) is 0 Å². The molecule has 23 heavy (non-hydrogen) atoms. The third-order valence-corrected chi connectivity index (χ3v) is 3.86. The van der Waals surface area contributed by atoms with Crippen molar-refractivity contribution in [3.05, 3.63) is 29.8 Å². The van der Waals surface area contributed by atoms with Gasteiger partial charge in [0.25, 0.3) is 0 Å². The summed E-state index contributed by atoms with van der Waals surface area (Å²) in [5, 5.41) is 13.3. The van der Waals surface area contributed by atoms with Crippen molar-refractivity contribution in [1.82, 2.24) is 5.32 Å². The lowest BCUT2D eigenvalue weighted by Gasteiger charge is -2.17. The van der Waals surface area contributed by atoms with Crippen LogP contribution in [0.4, 0.5) is 0 Å². The van der Waals surface area contributed by atoms with Crippen molar-refractivity contribution in [2.45, 2.75) is 58.8 Å². The van der Waals surface area contributed by atoms with E-state index < -0.39 is 6.10 Å². The van der Waals surface area contributed by atoms with Crippen LogP contribution in [0.3, 0.4) is 0 Å². The molecule has 0 aliphatic heterocycles. The first-order valence-corrected chi connectivity index (χ1v) is 8.63. The molecule has 0 bridgehead atoms. The molecule has 0 aliphatic rings. The van der Waals surface area contributed by atoms with Gasteiger partial charge in [-0.2, -0.15) is 0 Å². The van der Waals surface area contributed by atoms with Gasteiger partial charge in [0.05, 0.1) is 26.4 Å². The smallest absolute Gasteiger partial charge is 0.118 e. The molecule has 0 fully saturated rings. The van der Waals surface area contributed by atoms with Crippen molar-refractivity contribution < 1.29 is 14.6 Å². The topological polar surface area (TPSA) is 50.7 Å². The second-order valence-electron chi connectivity index (χ2n) is 6.65. The fourth-order valence-electron chi connectivity index (χ4n) is 2.37. The third kappa shape index (κ3) is 9.59.